The van der Waals surface area contributed by atoms with Crippen LogP contribution < -0.4 is 14.8 Å². The number of halogens is 2. The van der Waals surface area contributed by atoms with Crippen molar-refractivity contribution in [1.29, 1.82) is 0 Å². The molecule has 1 heterocycles. The highest BCUT2D eigenvalue weighted by Gasteiger charge is 2.31. The predicted molar refractivity (Wildman–Crippen MR) is 165 cm³/mol. The van der Waals surface area contributed by atoms with E-state index in [-0.39, 0.29) is 29.7 Å². The highest BCUT2D eigenvalue weighted by atomic mass is 35.5. The minimum Gasteiger partial charge on any atom is -0.486 e. The predicted octanol–water partition coefficient (Wildman–Crippen LogP) is 7.65. The lowest BCUT2D eigenvalue weighted by Gasteiger charge is -2.14. The third kappa shape index (κ3) is 6.38. The largest absolute Gasteiger partial charge is 0.486 e. The van der Waals surface area contributed by atoms with Crippen molar-refractivity contribution in [3.63, 3.8) is 0 Å². The van der Waals surface area contributed by atoms with Crippen molar-refractivity contribution in [1.82, 2.24) is 5.32 Å². The molecular formula is C33H28ClFN2O5S. The number of hydrogen-bond donors (Lipinski definition) is 2. The van der Waals surface area contributed by atoms with E-state index >= 15 is 0 Å². The fourth-order valence-corrected chi connectivity index (χ4v) is 6.37. The van der Waals surface area contributed by atoms with Gasteiger partial charge in [0.2, 0.25) is 10.0 Å². The molecule has 0 saturated heterocycles. The van der Waals surface area contributed by atoms with Crippen molar-refractivity contribution in [2.24, 2.45) is 0 Å². The number of ether oxygens (including phenoxy) is 1. The van der Waals surface area contributed by atoms with Crippen molar-refractivity contribution in [2.45, 2.75) is 31.1 Å². The van der Waals surface area contributed by atoms with Crippen LogP contribution in [0.25, 0.3) is 22.3 Å². The zero-order valence-corrected chi connectivity index (χ0v) is 24.8. The summed E-state index contributed by atoms with van der Waals surface area (Å²) in [6.45, 7) is 0.192. The summed E-state index contributed by atoms with van der Waals surface area (Å²) in [5.41, 5.74) is 3.69. The molecule has 1 fully saturated rings. The molecule has 6 rings (SSSR count). The van der Waals surface area contributed by atoms with Crippen LogP contribution in [0, 0.1) is 5.82 Å². The second-order valence-electron chi connectivity index (χ2n) is 10.5. The number of carbonyl (C=O) groups excluding carboxylic acids is 1. The molecule has 4 aromatic carbocycles. The van der Waals surface area contributed by atoms with Gasteiger partial charge in [0.05, 0.1) is 17.0 Å². The van der Waals surface area contributed by atoms with Gasteiger partial charge in [-0.15, -0.1) is 0 Å². The molecule has 1 aromatic heterocycles. The minimum atomic E-state index is -3.94. The zero-order chi connectivity index (χ0) is 30.1. The number of anilines is 1. The first-order valence-electron chi connectivity index (χ1n) is 13.7. The Hall–Kier alpha value is -4.34. The molecular weight excluding hydrogens is 591 g/mol. The first-order valence-corrected chi connectivity index (χ1v) is 15.8. The van der Waals surface area contributed by atoms with Gasteiger partial charge in [0.15, 0.2) is 11.6 Å². The van der Waals surface area contributed by atoms with E-state index in [1.807, 2.05) is 36.4 Å². The summed E-state index contributed by atoms with van der Waals surface area (Å²) in [4.78, 5) is 13.0. The average molecular weight is 619 g/mol. The standard InChI is InChI=1S/C33H28ClFN2O5S/c1-36-33(38)31-26-16-25(22-8-9-22)28(17-30(26)42-32(31)23-10-12-24(34)13-11-23)37-43(39,40)19-21-7-14-29(27(35)15-21)41-18-20-5-3-2-4-6-20/h2-7,10-17,22,37H,8-9,18-19H2,1H3,(H,36,38). The van der Waals surface area contributed by atoms with Crippen molar-refractivity contribution >= 4 is 44.2 Å². The highest BCUT2D eigenvalue weighted by molar-refractivity contribution is 7.91. The summed E-state index contributed by atoms with van der Waals surface area (Å²) in [6.07, 6.45) is 1.79. The second kappa shape index (κ2) is 11.7. The molecule has 0 spiro atoms. The molecule has 1 aliphatic carbocycles. The first kappa shape index (κ1) is 28.8. The Bertz CT molecular complexity index is 1920. The summed E-state index contributed by atoms with van der Waals surface area (Å²) < 4.78 is 55.9. The van der Waals surface area contributed by atoms with Gasteiger partial charge in [-0.2, -0.15) is 0 Å². The van der Waals surface area contributed by atoms with E-state index in [0.717, 1.165) is 24.0 Å². The molecule has 43 heavy (non-hydrogen) atoms. The number of carbonyl (C=O) groups is 1. The maximum Gasteiger partial charge on any atom is 0.255 e. The minimum absolute atomic E-state index is 0.0423. The van der Waals surface area contributed by atoms with Crippen LogP contribution in [0.3, 0.4) is 0 Å². The van der Waals surface area contributed by atoms with Crippen molar-refractivity contribution < 1.29 is 26.8 Å². The molecule has 7 nitrogen and oxygen atoms in total. The number of nitrogens with one attached hydrogen (secondary N) is 2. The molecule has 1 saturated carbocycles. The Kier molecular flexibility index (Phi) is 7.85. The van der Waals surface area contributed by atoms with Crippen LogP contribution in [-0.4, -0.2) is 21.4 Å². The Morgan fingerprint density at radius 1 is 1.00 bits per heavy atom. The summed E-state index contributed by atoms with van der Waals surface area (Å²) in [6, 6.07) is 23.9. The van der Waals surface area contributed by atoms with E-state index < -0.39 is 21.6 Å². The van der Waals surface area contributed by atoms with Crippen LogP contribution in [0.5, 0.6) is 5.75 Å². The average Bonchev–Trinajstić information content (AvgIpc) is 3.77. The van der Waals surface area contributed by atoms with Crippen molar-refractivity contribution in [3.05, 3.63) is 118 Å². The number of hydrogen-bond acceptors (Lipinski definition) is 5. The van der Waals surface area contributed by atoms with E-state index in [0.29, 0.717) is 38.6 Å². The second-order valence-corrected chi connectivity index (χ2v) is 12.7. The summed E-state index contributed by atoms with van der Waals surface area (Å²) in [5.74, 6) is -0.860. The van der Waals surface area contributed by atoms with Crippen LogP contribution in [-0.2, 0) is 22.4 Å². The molecule has 2 N–H and O–H groups in total. The van der Waals surface area contributed by atoms with Gasteiger partial charge in [0.25, 0.3) is 5.91 Å². The van der Waals surface area contributed by atoms with E-state index in [1.165, 1.54) is 18.2 Å². The SMILES string of the molecule is CNC(=O)c1c(-c2ccc(Cl)cc2)oc2cc(NS(=O)(=O)Cc3ccc(OCc4ccccc4)c(F)c3)c(C3CC3)cc12. The van der Waals surface area contributed by atoms with Gasteiger partial charge in [-0.1, -0.05) is 48.0 Å². The molecule has 0 aliphatic heterocycles. The number of fused-ring (bicyclic) bond motifs is 1. The first-order chi connectivity index (χ1) is 20.7. The van der Waals surface area contributed by atoms with Crippen molar-refractivity contribution in [2.75, 3.05) is 11.8 Å². The van der Waals surface area contributed by atoms with Gasteiger partial charge in [-0.05, 0) is 77.9 Å². The quantitative estimate of drug-likeness (QED) is 0.168. The van der Waals surface area contributed by atoms with E-state index in [2.05, 4.69) is 10.0 Å². The van der Waals surface area contributed by atoms with Crippen LogP contribution >= 0.6 is 11.6 Å². The molecule has 0 atom stereocenters. The number of sulfonamides is 1. The molecule has 220 valence electrons. The molecule has 10 heteroatoms. The maximum atomic E-state index is 14.8. The third-order valence-electron chi connectivity index (χ3n) is 7.29. The molecule has 5 aromatic rings. The third-order valence-corrected chi connectivity index (χ3v) is 8.79. The monoisotopic (exact) mass is 618 g/mol. The molecule has 0 bridgehead atoms. The van der Waals surface area contributed by atoms with Gasteiger partial charge in [-0.25, -0.2) is 12.8 Å². The topological polar surface area (TPSA) is 97.6 Å². The van der Waals surface area contributed by atoms with Gasteiger partial charge in [-0.3, -0.25) is 9.52 Å². The van der Waals surface area contributed by atoms with Crippen molar-refractivity contribution in [3.8, 4) is 17.1 Å². The Balaban J connectivity index is 1.28. The molecule has 0 unspecified atom stereocenters. The summed E-state index contributed by atoms with van der Waals surface area (Å²) in [5, 5.41) is 3.80. The Morgan fingerprint density at radius 3 is 2.42 bits per heavy atom. The number of amides is 1. The van der Waals surface area contributed by atoms with Gasteiger partial charge in [0, 0.05) is 29.1 Å². The van der Waals surface area contributed by atoms with Crippen LogP contribution in [0.1, 0.15) is 45.8 Å². The number of benzene rings is 4. The normalized spacial score (nSPS) is 13.2. The van der Waals surface area contributed by atoms with Gasteiger partial charge >= 0.3 is 0 Å². The zero-order valence-electron chi connectivity index (χ0n) is 23.2. The van der Waals surface area contributed by atoms with Gasteiger partial charge in [0.1, 0.15) is 18.0 Å². The van der Waals surface area contributed by atoms with Gasteiger partial charge < -0.3 is 14.5 Å². The lowest BCUT2D eigenvalue weighted by Crippen LogP contribution is -2.18. The fourth-order valence-electron chi connectivity index (χ4n) is 5.04. The number of rotatable bonds is 10. The Morgan fingerprint density at radius 2 is 1.74 bits per heavy atom. The highest BCUT2D eigenvalue weighted by Crippen LogP contribution is 2.47. The van der Waals surface area contributed by atoms with Crippen LogP contribution in [0.4, 0.5) is 10.1 Å². The lowest BCUT2D eigenvalue weighted by atomic mass is 10.0. The van der Waals surface area contributed by atoms with Crippen LogP contribution in [0.2, 0.25) is 5.02 Å². The molecule has 0 radical (unpaired) electrons. The Labute approximate surface area is 253 Å². The van der Waals surface area contributed by atoms with E-state index in [4.69, 9.17) is 20.8 Å². The van der Waals surface area contributed by atoms with E-state index in [1.54, 1.807) is 37.4 Å². The molecule has 1 amide bonds. The maximum absolute atomic E-state index is 14.8. The lowest BCUT2D eigenvalue weighted by molar-refractivity contribution is 0.0964. The van der Waals surface area contributed by atoms with E-state index in [9.17, 15) is 17.6 Å². The molecule has 1 aliphatic rings. The summed E-state index contributed by atoms with van der Waals surface area (Å²) in [7, 11) is -2.40. The summed E-state index contributed by atoms with van der Waals surface area (Å²) >= 11 is 6.06. The number of furan rings is 1. The van der Waals surface area contributed by atoms with Crippen LogP contribution in [0.15, 0.2) is 89.3 Å². The fraction of sp³-hybridized carbons (Fsp3) is 0.182. The smallest absolute Gasteiger partial charge is 0.255 e.